The highest BCUT2D eigenvalue weighted by atomic mass is 16.5. The normalized spacial score (nSPS) is 19.2. The zero-order valence-corrected chi connectivity index (χ0v) is 14.1. The minimum atomic E-state index is -0.485. The molecular formula is C18H28N2O2. The molecule has 1 aromatic rings. The molecule has 1 amide bonds. The number of carbonyl (C=O) groups excluding carboxylic acids is 1. The third-order valence-electron chi connectivity index (χ3n) is 4.15. The lowest BCUT2D eigenvalue weighted by Crippen LogP contribution is -2.42. The standard InChI is InChI=1S/C18H28N2O2/c1-12(2)16-8-7-13(3)10-17(16)22-14(4)18(21)20-11-15-6-5-9-19-15/h7-8,10,12,14-15,19H,5-6,9,11H2,1-4H3,(H,20,21). The molecule has 1 aromatic carbocycles. The summed E-state index contributed by atoms with van der Waals surface area (Å²) in [7, 11) is 0. The van der Waals surface area contributed by atoms with E-state index in [9.17, 15) is 4.79 Å². The van der Waals surface area contributed by atoms with Crippen LogP contribution in [0, 0.1) is 6.92 Å². The van der Waals surface area contributed by atoms with Crippen molar-refractivity contribution < 1.29 is 9.53 Å². The van der Waals surface area contributed by atoms with Gasteiger partial charge in [-0.1, -0.05) is 26.0 Å². The summed E-state index contributed by atoms with van der Waals surface area (Å²) >= 11 is 0. The molecule has 122 valence electrons. The van der Waals surface area contributed by atoms with Gasteiger partial charge in [-0.15, -0.1) is 0 Å². The van der Waals surface area contributed by atoms with Gasteiger partial charge >= 0.3 is 0 Å². The van der Waals surface area contributed by atoms with Crippen molar-refractivity contribution in [1.29, 1.82) is 0 Å². The first-order valence-electron chi connectivity index (χ1n) is 8.25. The van der Waals surface area contributed by atoms with Crippen molar-refractivity contribution in [2.24, 2.45) is 0 Å². The fourth-order valence-electron chi connectivity index (χ4n) is 2.76. The maximum atomic E-state index is 12.2. The van der Waals surface area contributed by atoms with Crippen molar-refractivity contribution >= 4 is 5.91 Å². The van der Waals surface area contributed by atoms with Crippen LogP contribution in [0.4, 0.5) is 0 Å². The number of amides is 1. The molecule has 0 spiro atoms. The Balaban J connectivity index is 1.94. The number of ether oxygens (including phenoxy) is 1. The van der Waals surface area contributed by atoms with Crippen molar-refractivity contribution in [2.75, 3.05) is 13.1 Å². The van der Waals surface area contributed by atoms with Crippen LogP contribution in [0.2, 0.25) is 0 Å². The van der Waals surface area contributed by atoms with Crippen molar-refractivity contribution in [2.45, 2.75) is 58.6 Å². The molecule has 4 heteroatoms. The zero-order chi connectivity index (χ0) is 16.1. The summed E-state index contributed by atoms with van der Waals surface area (Å²) in [4.78, 5) is 12.2. The Labute approximate surface area is 133 Å². The summed E-state index contributed by atoms with van der Waals surface area (Å²) in [5, 5.41) is 6.36. The Morgan fingerprint density at radius 1 is 1.41 bits per heavy atom. The molecule has 2 rings (SSSR count). The van der Waals surface area contributed by atoms with Gasteiger partial charge in [-0.05, 0) is 56.3 Å². The van der Waals surface area contributed by atoms with E-state index in [0.29, 0.717) is 18.5 Å². The lowest BCUT2D eigenvalue weighted by Gasteiger charge is -2.20. The number of nitrogens with one attached hydrogen (secondary N) is 2. The SMILES string of the molecule is Cc1ccc(C(C)C)c(OC(C)C(=O)NCC2CCCN2)c1. The summed E-state index contributed by atoms with van der Waals surface area (Å²) in [6.45, 7) is 9.84. The minimum Gasteiger partial charge on any atom is -0.481 e. The number of rotatable bonds is 6. The predicted molar refractivity (Wildman–Crippen MR) is 89.4 cm³/mol. The van der Waals surface area contributed by atoms with Gasteiger partial charge in [-0.25, -0.2) is 0 Å². The topological polar surface area (TPSA) is 50.4 Å². The molecule has 2 atom stereocenters. The fourth-order valence-corrected chi connectivity index (χ4v) is 2.76. The largest absolute Gasteiger partial charge is 0.481 e. The molecule has 1 saturated heterocycles. The predicted octanol–water partition coefficient (Wildman–Crippen LogP) is 2.75. The van der Waals surface area contributed by atoms with E-state index in [0.717, 1.165) is 29.8 Å². The maximum Gasteiger partial charge on any atom is 0.260 e. The van der Waals surface area contributed by atoms with Crippen molar-refractivity contribution in [3.63, 3.8) is 0 Å². The second kappa shape index (κ2) is 7.63. The van der Waals surface area contributed by atoms with E-state index in [2.05, 4.69) is 36.6 Å². The number of hydrogen-bond donors (Lipinski definition) is 2. The first-order valence-corrected chi connectivity index (χ1v) is 8.25. The van der Waals surface area contributed by atoms with E-state index in [-0.39, 0.29) is 5.91 Å². The lowest BCUT2D eigenvalue weighted by atomic mass is 10.0. The average molecular weight is 304 g/mol. The molecule has 1 heterocycles. The molecule has 2 unspecified atom stereocenters. The summed E-state index contributed by atoms with van der Waals surface area (Å²) in [5.74, 6) is 1.13. The molecule has 22 heavy (non-hydrogen) atoms. The molecule has 1 aliphatic rings. The van der Waals surface area contributed by atoms with Crippen LogP contribution < -0.4 is 15.4 Å². The van der Waals surface area contributed by atoms with Crippen molar-refractivity contribution in [3.8, 4) is 5.75 Å². The van der Waals surface area contributed by atoms with Gasteiger partial charge in [0.25, 0.3) is 5.91 Å². The first kappa shape index (κ1) is 16.8. The van der Waals surface area contributed by atoms with Crippen LogP contribution in [0.3, 0.4) is 0 Å². The second-order valence-corrected chi connectivity index (χ2v) is 6.49. The molecule has 4 nitrogen and oxygen atoms in total. The third kappa shape index (κ3) is 4.47. The Kier molecular flexibility index (Phi) is 5.83. The molecule has 0 bridgehead atoms. The van der Waals surface area contributed by atoms with E-state index in [1.54, 1.807) is 0 Å². The van der Waals surface area contributed by atoms with Crippen molar-refractivity contribution in [1.82, 2.24) is 10.6 Å². The Hall–Kier alpha value is -1.55. The van der Waals surface area contributed by atoms with Gasteiger partial charge in [0.2, 0.25) is 0 Å². The maximum absolute atomic E-state index is 12.2. The summed E-state index contributed by atoms with van der Waals surface area (Å²) in [5.41, 5.74) is 2.28. The van der Waals surface area contributed by atoms with Crippen LogP contribution in [0.25, 0.3) is 0 Å². The van der Waals surface area contributed by atoms with Crippen LogP contribution in [-0.2, 0) is 4.79 Å². The van der Waals surface area contributed by atoms with Crippen LogP contribution in [0.1, 0.15) is 50.7 Å². The Bertz CT molecular complexity index is 508. The summed E-state index contributed by atoms with van der Waals surface area (Å²) in [6, 6.07) is 6.58. The average Bonchev–Trinajstić information content (AvgIpc) is 2.97. The van der Waals surface area contributed by atoms with E-state index < -0.39 is 6.10 Å². The van der Waals surface area contributed by atoms with Gasteiger partial charge in [0.1, 0.15) is 5.75 Å². The molecular weight excluding hydrogens is 276 g/mol. The Morgan fingerprint density at radius 2 is 2.18 bits per heavy atom. The van der Waals surface area contributed by atoms with Gasteiger partial charge in [0.05, 0.1) is 0 Å². The third-order valence-corrected chi connectivity index (χ3v) is 4.15. The second-order valence-electron chi connectivity index (χ2n) is 6.49. The number of aryl methyl sites for hydroxylation is 1. The molecule has 1 fully saturated rings. The molecule has 2 N–H and O–H groups in total. The van der Waals surface area contributed by atoms with E-state index in [4.69, 9.17) is 4.74 Å². The molecule has 1 aliphatic heterocycles. The van der Waals surface area contributed by atoms with Crippen molar-refractivity contribution in [3.05, 3.63) is 29.3 Å². The van der Waals surface area contributed by atoms with Crippen LogP contribution in [-0.4, -0.2) is 31.1 Å². The number of benzene rings is 1. The van der Waals surface area contributed by atoms with E-state index in [1.807, 2.05) is 19.9 Å². The lowest BCUT2D eigenvalue weighted by molar-refractivity contribution is -0.127. The first-order chi connectivity index (χ1) is 10.5. The molecule has 0 aliphatic carbocycles. The van der Waals surface area contributed by atoms with E-state index in [1.165, 1.54) is 6.42 Å². The number of carbonyl (C=O) groups is 1. The van der Waals surface area contributed by atoms with Crippen LogP contribution in [0.15, 0.2) is 18.2 Å². The van der Waals surface area contributed by atoms with Gasteiger partial charge in [-0.2, -0.15) is 0 Å². The van der Waals surface area contributed by atoms with Gasteiger partial charge in [0.15, 0.2) is 6.10 Å². The monoisotopic (exact) mass is 304 g/mol. The van der Waals surface area contributed by atoms with Gasteiger partial charge in [-0.3, -0.25) is 4.79 Å². The van der Waals surface area contributed by atoms with Crippen LogP contribution in [0.5, 0.6) is 5.75 Å². The van der Waals surface area contributed by atoms with Gasteiger partial charge < -0.3 is 15.4 Å². The summed E-state index contributed by atoms with van der Waals surface area (Å²) in [6.07, 6.45) is 1.83. The molecule has 0 aromatic heterocycles. The van der Waals surface area contributed by atoms with Gasteiger partial charge in [0, 0.05) is 12.6 Å². The highest BCUT2D eigenvalue weighted by molar-refractivity contribution is 5.80. The molecule has 0 radical (unpaired) electrons. The summed E-state index contributed by atoms with van der Waals surface area (Å²) < 4.78 is 5.93. The highest BCUT2D eigenvalue weighted by Gasteiger charge is 2.20. The molecule has 0 saturated carbocycles. The smallest absolute Gasteiger partial charge is 0.260 e. The highest BCUT2D eigenvalue weighted by Crippen LogP contribution is 2.28. The quantitative estimate of drug-likeness (QED) is 0.849. The number of hydrogen-bond acceptors (Lipinski definition) is 3. The fraction of sp³-hybridized carbons (Fsp3) is 0.611. The van der Waals surface area contributed by atoms with Crippen LogP contribution >= 0.6 is 0 Å². The Morgan fingerprint density at radius 3 is 2.82 bits per heavy atom. The minimum absolute atomic E-state index is 0.0510. The zero-order valence-electron chi connectivity index (χ0n) is 14.1. The van der Waals surface area contributed by atoms with E-state index >= 15 is 0 Å².